The van der Waals surface area contributed by atoms with Gasteiger partial charge < -0.3 is 11.1 Å². The number of nitrogens with zero attached hydrogens (tertiary/aromatic N) is 1. The summed E-state index contributed by atoms with van der Waals surface area (Å²) in [6.07, 6.45) is 1.95. The van der Waals surface area contributed by atoms with Crippen LogP contribution in [0.2, 0.25) is 0 Å². The van der Waals surface area contributed by atoms with Gasteiger partial charge in [0.1, 0.15) is 0 Å². The Hall–Kier alpha value is -1.23. The van der Waals surface area contributed by atoms with Crippen LogP contribution >= 0.6 is 11.3 Å². The Labute approximate surface area is 118 Å². The van der Waals surface area contributed by atoms with Gasteiger partial charge in [0.25, 0.3) is 0 Å². The zero-order chi connectivity index (χ0) is 13.5. The number of hydrogen-bond donors (Lipinski definition) is 2. The van der Waals surface area contributed by atoms with E-state index >= 15 is 0 Å². The normalized spacial score (nSPS) is 10.8. The highest BCUT2D eigenvalue weighted by molar-refractivity contribution is 7.09. The van der Waals surface area contributed by atoms with Crippen LogP contribution in [-0.4, -0.2) is 18.1 Å². The summed E-state index contributed by atoms with van der Waals surface area (Å²) in [5, 5.41) is 6.80. The van der Waals surface area contributed by atoms with E-state index in [4.69, 9.17) is 5.73 Å². The van der Waals surface area contributed by atoms with Gasteiger partial charge in [0, 0.05) is 30.6 Å². The van der Waals surface area contributed by atoms with Crippen molar-refractivity contribution >= 4 is 11.3 Å². The maximum atomic E-state index is 5.64. The summed E-state index contributed by atoms with van der Waals surface area (Å²) in [6.45, 7) is 4.61. The molecule has 0 saturated carbocycles. The second-order valence-electron chi connectivity index (χ2n) is 4.62. The molecule has 4 heteroatoms. The van der Waals surface area contributed by atoms with E-state index in [0.717, 1.165) is 31.6 Å². The van der Waals surface area contributed by atoms with Crippen molar-refractivity contribution in [1.29, 1.82) is 0 Å². The van der Waals surface area contributed by atoms with Gasteiger partial charge in [-0.3, -0.25) is 0 Å². The predicted molar refractivity (Wildman–Crippen MR) is 81.5 cm³/mol. The molecule has 1 heterocycles. The van der Waals surface area contributed by atoms with Crippen LogP contribution in [0.25, 0.3) is 0 Å². The smallest absolute Gasteiger partial charge is 0.0940 e. The lowest BCUT2D eigenvalue weighted by Crippen LogP contribution is -2.18. The highest BCUT2D eigenvalue weighted by Gasteiger charge is 2.01. The van der Waals surface area contributed by atoms with Crippen molar-refractivity contribution in [1.82, 2.24) is 10.3 Å². The molecular weight excluding hydrogens is 254 g/mol. The van der Waals surface area contributed by atoms with Crippen molar-refractivity contribution in [3.8, 4) is 0 Å². The van der Waals surface area contributed by atoms with Crippen LogP contribution in [-0.2, 0) is 19.4 Å². The molecule has 0 amide bonds. The minimum atomic E-state index is 0.704. The van der Waals surface area contributed by atoms with Crippen LogP contribution in [0.1, 0.15) is 21.8 Å². The number of nitrogens with one attached hydrogen (secondary N) is 1. The van der Waals surface area contributed by atoms with E-state index in [1.54, 1.807) is 11.3 Å². The van der Waals surface area contributed by atoms with Gasteiger partial charge in [0.05, 0.1) is 5.01 Å². The molecule has 0 aliphatic carbocycles. The van der Waals surface area contributed by atoms with Crippen LogP contribution < -0.4 is 11.1 Å². The minimum Gasteiger partial charge on any atom is -0.330 e. The third-order valence-corrected chi connectivity index (χ3v) is 4.06. The van der Waals surface area contributed by atoms with Crippen molar-refractivity contribution in [2.75, 3.05) is 13.1 Å². The van der Waals surface area contributed by atoms with Crippen molar-refractivity contribution in [3.05, 3.63) is 51.5 Å². The first-order valence-corrected chi connectivity index (χ1v) is 7.56. The zero-order valence-electron chi connectivity index (χ0n) is 11.4. The fourth-order valence-electron chi connectivity index (χ4n) is 2.07. The molecule has 0 aliphatic rings. The number of thiazole rings is 1. The molecule has 0 spiro atoms. The first-order valence-electron chi connectivity index (χ1n) is 6.68. The first-order chi connectivity index (χ1) is 9.29. The molecule has 19 heavy (non-hydrogen) atoms. The molecule has 0 radical (unpaired) electrons. The van der Waals surface area contributed by atoms with E-state index in [1.165, 1.54) is 16.1 Å². The van der Waals surface area contributed by atoms with Crippen molar-refractivity contribution in [2.24, 2.45) is 5.73 Å². The molecule has 0 aliphatic heterocycles. The molecular formula is C15H21N3S. The lowest BCUT2D eigenvalue weighted by molar-refractivity contribution is 0.679. The summed E-state index contributed by atoms with van der Waals surface area (Å²) >= 11 is 1.74. The molecule has 2 rings (SSSR count). The Morgan fingerprint density at radius 3 is 2.68 bits per heavy atom. The fraction of sp³-hybridized carbons (Fsp3) is 0.400. The van der Waals surface area contributed by atoms with Crippen LogP contribution in [0.5, 0.6) is 0 Å². The van der Waals surface area contributed by atoms with Crippen LogP contribution in [0.3, 0.4) is 0 Å². The number of rotatable bonds is 7. The average molecular weight is 275 g/mol. The maximum Gasteiger partial charge on any atom is 0.0940 e. The van der Waals surface area contributed by atoms with Gasteiger partial charge in [0.2, 0.25) is 0 Å². The van der Waals surface area contributed by atoms with E-state index in [2.05, 4.69) is 39.9 Å². The molecule has 1 aromatic heterocycles. The van der Waals surface area contributed by atoms with Gasteiger partial charge in [-0.1, -0.05) is 24.3 Å². The van der Waals surface area contributed by atoms with Gasteiger partial charge in [-0.05, 0) is 31.0 Å². The summed E-state index contributed by atoms with van der Waals surface area (Å²) in [6, 6.07) is 8.49. The highest BCUT2D eigenvalue weighted by atomic mass is 32.1. The number of nitrogens with two attached hydrogens (primary N) is 1. The molecule has 0 fully saturated rings. The minimum absolute atomic E-state index is 0.704. The summed E-state index contributed by atoms with van der Waals surface area (Å²) in [5.74, 6) is 0. The van der Waals surface area contributed by atoms with Crippen LogP contribution in [0.15, 0.2) is 29.6 Å². The predicted octanol–water partition coefficient (Wildman–Crippen LogP) is 2.29. The van der Waals surface area contributed by atoms with Crippen LogP contribution in [0, 0.1) is 6.92 Å². The number of aromatic nitrogens is 1. The van der Waals surface area contributed by atoms with Crippen molar-refractivity contribution in [3.63, 3.8) is 0 Å². The Balaban J connectivity index is 1.79. The number of benzene rings is 1. The summed E-state index contributed by atoms with van der Waals surface area (Å²) in [4.78, 5) is 4.46. The molecule has 0 unspecified atom stereocenters. The van der Waals surface area contributed by atoms with Gasteiger partial charge in [-0.25, -0.2) is 4.98 Å². The number of aryl methyl sites for hydroxylation is 1. The van der Waals surface area contributed by atoms with Gasteiger partial charge >= 0.3 is 0 Å². The lowest BCUT2D eigenvalue weighted by atomic mass is 10.0. The van der Waals surface area contributed by atoms with Gasteiger partial charge in [-0.2, -0.15) is 0 Å². The van der Waals surface area contributed by atoms with E-state index in [0.29, 0.717) is 6.54 Å². The Bertz CT molecular complexity index is 508. The largest absolute Gasteiger partial charge is 0.330 e. The molecule has 1 aromatic carbocycles. The van der Waals surface area contributed by atoms with E-state index in [-0.39, 0.29) is 0 Å². The van der Waals surface area contributed by atoms with Gasteiger partial charge in [-0.15, -0.1) is 11.3 Å². The molecule has 2 aromatic rings. The van der Waals surface area contributed by atoms with Crippen LogP contribution in [0.4, 0.5) is 0 Å². The number of hydrogen-bond acceptors (Lipinski definition) is 4. The zero-order valence-corrected chi connectivity index (χ0v) is 12.2. The summed E-state index contributed by atoms with van der Waals surface area (Å²) < 4.78 is 0. The molecule has 102 valence electrons. The topological polar surface area (TPSA) is 50.9 Å². The van der Waals surface area contributed by atoms with Crippen molar-refractivity contribution in [2.45, 2.75) is 26.3 Å². The summed E-state index contributed by atoms with van der Waals surface area (Å²) in [5.41, 5.74) is 9.45. The maximum absolute atomic E-state index is 5.64. The molecule has 0 bridgehead atoms. The quantitative estimate of drug-likeness (QED) is 0.762. The van der Waals surface area contributed by atoms with Gasteiger partial charge in [0.15, 0.2) is 0 Å². The van der Waals surface area contributed by atoms with E-state index < -0.39 is 0 Å². The third kappa shape index (κ3) is 4.42. The first kappa shape index (κ1) is 14.2. The van der Waals surface area contributed by atoms with E-state index in [1.807, 2.05) is 6.92 Å². The highest BCUT2D eigenvalue weighted by Crippen LogP contribution is 2.10. The molecule has 0 atom stereocenters. The average Bonchev–Trinajstić information content (AvgIpc) is 2.83. The molecule has 0 saturated heterocycles. The standard InChI is InChI=1S/C15H21N3S/c1-12-11-19-15(18-12)7-9-17-10-14-5-3-2-4-13(14)6-8-16/h2-5,11,17H,6-10,16H2,1H3. The second kappa shape index (κ2) is 7.38. The Morgan fingerprint density at radius 1 is 1.21 bits per heavy atom. The lowest BCUT2D eigenvalue weighted by Gasteiger charge is -2.09. The molecule has 3 nitrogen and oxygen atoms in total. The Kier molecular flexibility index (Phi) is 5.51. The molecule has 3 N–H and O–H groups in total. The second-order valence-corrected chi connectivity index (χ2v) is 5.56. The summed E-state index contributed by atoms with van der Waals surface area (Å²) in [7, 11) is 0. The van der Waals surface area contributed by atoms with Crippen molar-refractivity contribution < 1.29 is 0 Å². The monoisotopic (exact) mass is 275 g/mol. The van der Waals surface area contributed by atoms with E-state index in [9.17, 15) is 0 Å². The SMILES string of the molecule is Cc1csc(CCNCc2ccccc2CCN)n1. The third-order valence-electron chi connectivity index (χ3n) is 3.03. The Morgan fingerprint density at radius 2 is 2.00 bits per heavy atom. The fourth-order valence-corrected chi connectivity index (χ4v) is 2.84.